The van der Waals surface area contributed by atoms with Crippen LogP contribution >= 0.6 is 0 Å². The van der Waals surface area contributed by atoms with Gasteiger partial charge in [-0.2, -0.15) is 4.80 Å². The van der Waals surface area contributed by atoms with Crippen molar-refractivity contribution in [2.24, 2.45) is 0 Å². The number of amides is 1. The second-order valence-electron chi connectivity index (χ2n) is 6.12. The molecule has 9 nitrogen and oxygen atoms in total. The molecule has 1 aliphatic heterocycles. The first-order valence-electron chi connectivity index (χ1n) is 7.96. The van der Waals surface area contributed by atoms with Crippen molar-refractivity contribution in [3.8, 4) is 11.4 Å². The second kappa shape index (κ2) is 6.98. The van der Waals surface area contributed by atoms with Crippen LogP contribution in [-0.2, 0) is 14.3 Å². The van der Waals surface area contributed by atoms with Gasteiger partial charge in [-0.1, -0.05) is 30.3 Å². The smallest absolute Gasteiger partial charge is 0.305 e. The van der Waals surface area contributed by atoms with Gasteiger partial charge in [-0.05, 0) is 18.6 Å². The molecule has 0 radical (unpaired) electrons. The Morgan fingerprint density at radius 3 is 2.80 bits per heavy atom. The molecule has 1 aliphatic rings. The van der Waals surface area contributed by atoms with Crippen LogP contribution in [-0.4, -0.2) is 55.9 Å². The van der Waals surface area contributed by atoms with E-state index in [1.165, 1.54) is 4.80 Å². The summed E-state index contributed by atoms with van der Waals surface area (Å²) < 4.78 is 5.28. The number of hydrogen-bond donors (Lipinski definition) is 2. The number of tetrazole rings is 1. The topological polar surface area (TPSA) is 119 Å². The van der Waals surface area contributed by atoms with Crippen LogP contribution in [0.3, 0.4) is 0 Å². The zero-order chi connectivity index (χ0) is 17.9. The van der Waals surface area contributed by atoms with Gasteiger partial charge >= 0.3 is 5.97 Å². The molecule has 0 saturated carbocycles. The van der Waals surface area contributed by atoms with Gasteiger partial charge in [0.15, 0.2) is 0 Å². The molecule has 0 aliphatic carbocycles. The molecule has 0 spiro atoms. The van der Waals surface area contributed by atoms with Crippen LogP contribution in [0.25, 0.3) is 11.4 Å². The molecular weight excluding hydrogens is 326 g/mol. The summed E-state index contributed by atoms with van der Waals surface area (Å²) in [6, 6.07) is 8.59. The highest BCUT2D eigenvalue weighted by Gasteiger charge is 2.39. The zero-order valence-electron chi connectivity index (χ0n) is 13.8. The van der Waals surface area contributed by atoms with Crippen molar-refractivity contribution in [1.82, 2.24) is 25.5 Å². The van der Waals surface area contributed by atoms with Gasteiger partial charge in [0.2, 0.25) is 11.7 Å². The predicted molar refractivity (Wildman–Crippen MR) is 86.5 cm³/mol. The molecule has 2 unspecified atom stereocenters. The Bertz CT molecular complexity index is 755. The van der Waals surface area contributed by atoms with Gasteiger partial charge in [-0.25, -0.2) is 0 Å². The van der Waals surface area contributed by atoms with Crippen LogP contribution in [0.5, 0.6) is 0 Å². The fourth-order valence-corrected chi connectivity index (χ4v) is 2.74. The molecule has 2 aromatic rings. The lowest BCUT2D eigenvalue weighted by atomic mass is 9.94. The van der Waals surface area contributed by atoms with E-state index in [1.54, 1.807) is 6.92 Å². The molecule has 3 rings (SSSR count). The van der Waals surface area contributed by atoms with Gasteiger partial charge in [-0.15, -0.1) is 10.2 Å². The van der Waals surface area contributed by atoms with Gasteiger partial charge in [0, 0.05) is 12.2 Å². The molecule has 2 atom stereocenters. The number of carbonyl (C=O) groups excluding carboxylic acids is 1. The summed E-state index contributed by atoms with van der Waals surface area (Å²) in [6.07, 6.45) is 0.267. The number of carbonyl (C=O) groups is 2. The standard InChI is InChI=1S/C16H19N5O4/c1-11(15(24)17-16(9-13(22)23)7-8-25-10-16)21-19-14(18-20-21)12-5-3-2-4-6-12/h2-6,11H,7-10H2,1H3,(H,17,24)(H,22,23). The lowest BCUT2D eigenvalue weighted by Gasteiger charge is -2.28. The molecule has 0 bridgehead atoms. The highest BCUT2D eigenvalue weighted by Crippen LogP contribution is 2.24. The monoisotopic (exact) mass is 345 g/mol. The van der Waals surface area contributed by atoms with Crippen LogP contribution in [0.15, 0.2) is 30.3 Å². The first-order chi connectivity index (χ1) is 12.0. The molecule has 1 saturated heterocycles. The van der Waals surface area contributed by atoms with E-state index in [1.807, 2.05) is 30.3 Å². The number of rotatable bonds is 6. The number of ether oxygens (including phenoxy) is 1. The molecule has 1 fully saturated rings. The second-order valence-corrected chi connectivity index (χ2v) is 6.12. The van der Waals surface area contributed by atoms with E-state index < -0.39 is 17.6 Å². The molecule has 132 valence electrons. The summed E-state index contributed by atoms with van der Waals surface area (Å²) in [7, 11) is 0. The van der Waals surface area contributed by atoms with Crippen molar-refractivity contribution in [1.29, 1.82) is 0 Å². The van der Waals surface area contributed by atoms with Crippen molar-refractivity contribution in [3.05, 3.63) is 30.3 Å². The Hall–Kier alpha value is -2.81. The number of hydrogen-bond acceptors (Lipinski definition) is 6. The van der Waals surface area contributed by atoms with E-state index in [0.717, 1.165) is 5.56 Å². The zero-order valence-corrected chi connectivity index (χ0v) is 13.8. The van der Waals surface area contributed by atoms with Crippen LogP contribution < -0.4 is 5.32 Å². The number of nitrogens with zero attached hydrogens (tertiary/aromatic N) is 4. The van der Waals surface area contributed by atoms with Crippen LogP contribution in [0.4, 0.5) is 0 Å². The Labute approximate surface area is 144 Å². The fraction of sp³-hybridized carbons (Fsp3) is 0.438. The number of nitrogens with one attached hydrogen (secondary N) is 1. The van der Waals surface area contributed by atoms with E-state index in [2.05, 4.69) is 20.7 Å². The first-order valence-corrected chi connectivity index (χ1v) is 7.96. The molecule has 9 heteroatoms. The third kappa shape index (κ3) is 3.82. The molecule has 1 aromatic carbocycles. The minimum atomic E-state index is -0.983. The fourth-order valence-electron chi connectivity index (χ4n) is 2.74. The van der Waals surface area contributed by atoms with E-state index in [4.69, 9.17) is 9.84 Å². The first kappa shape index (κ1) is 17.0. The van der Waals surface area contributed by atoms with Crippen LogP contribution in [0.1, 0.15) is 25.8 Å². The number of aliphatic carboxylic acids is 1. The van der Waals surface area contributed by atoms with Crippen molar-refractivity contribution >= 4 is 11.9 Å². The summed E-state index contributed by atoms with van der Waals surface area (Å²) in [6.45, 7) is 2.23. The average Bonchev–Trinajstić information content (AvgIpc) is 3.24. The SMILES string of the molecule is CC(C(=O)NC1(CC(=O)O)CCOC1)n1nnc(-c2ccccc2)n1. The quantitative estimate of drug-likeness (QED) is 0.789. The Balaban J connectivity index is 1.72. The van der Waals surface area contributed by atoms with Crippen LogP contribution in [0.2, 0.25) is 0 Å². The molecular formula is C16H19N5O4. The Kier molecular flexibility index (Phi) is 4.75. The lowest BCUT2D eigenvalue weighted by Crippen LogP contribution is -2.52. The van der Waals surface area contributed by atoms with Gasteiger partial charge in [0.1, 0.15) is 6.04 Å². The normalized spacial score (nSPS) is 21.0. The summed E-state index contributed by atoms with van der Waals surface area (Å²) in [4.78, 5) is 24.9. The highest BCUT2D eigenvalue weighted by molar-refractivity contribution is 5.81. The lowest BCUT2D eigenvalue weighted by molar-refractivity contribution is -0.139. The third-order valence-electron chi connectivity index (χ3n) is 4.17. The maximum absolute atomic E-state index is 12.5. The molecule has 1 amide bonds. The molecule has 2 N–H and O–H groups in total. The van der Waals surface area contributed by atoms with Crippen molar-refractivity contribution in [3.63, 3.8) is 0 Å². The number of carboxylic acid groups (broad SMARTS) is 1. The van der Waals surface area contributed by atoms with Gasteiger partial charge in [0.25, 0.3) is 0 Å². The molecule has 25 heavy (non-hydrogen) atoms. The number of aromatic nitrogens is 4. The van der Waals surface area contributed by atoms with Crippen molar-refractivity contribution < 1.29 is 19.4 Å². The average molecular weight is 345 g/mol. The Morgan fingerprint density at radius 2 is 2.16 bits per heavy atom. The largest absolute Gasteiger partial charge is 0.481 e. The maximum atomic E-state index is 12.5. The number of carboxylic acids is 1. The third-order valence-corrected chi connectivity index (χ3v) is 4.17. The highest BCUT2D eigenvalue weighted by atomic mass is 16.5. The van der Waals surface area contributed by atoms with Gasteiger partial charge < -0.3 is 15.2 Å². The van der Waals surface area contributed by atoms with Gasteiger partial charge in [-0.3, -0.25) is 9.59 Å². The minimum absolute atomic E-state index is 0.178. The minimum Gasteiger partial charge on any atom is -0.481 e. The predicted octanol–water partition coefficient (Wildman–Crippen LogP) is 0.651. The summed E-state index contributed by atoms with van der Waals surface area (Å²) >= 11 is 0. The maximum Gasteiger partial charge on any atom is 0.305 e. The van der Waals surface area contributed by atoms with E-state index >= 15 is 0 Å². The van der Waals surface area contributed by atoms with Crippen molar-refractivity contribution in [2.75, 3.05) is 13.2 Å². The molecule has 1 aromatic heterocycles. The van der Waals surface area contributed by atoms with Gasteiger partial charge in [0.05, 0.1) is 18.6 Å². The van der Waals surface area contributed by atoms with E-state index in [9.17, 15) is 9.59 Å². The summed E-state index contributed by atoms with van der Waals surface area (Å²) in [5.41, 5.74) is -0.0899. The summed E-state index contributed by atoms with van der Waals surface area (Å²) in [5, 5.41) is 24.0. The summed E-state index contributed by atoms with van der Waals surface area (Å²) in [5.74, 6) is -0.933. The van der Waals surface area contributed by atoms with E-state index in [-0.39, 0.29) is 18.9 Å². The van der Waals surface area contributed by atoms with E-state index in [0.29, 0.717) is 18.9 Å². The molecule has 2 heterocycles. The number of benzene rings is 1. The van der Waals surface area contributed by atoms with Crippen LogP contribution in [0, 0.1) is 0 Å². The van der Waals surface area contributed by atoms with Crippen molar-refractivity contribution in [2.45, 2.75) is 31.3 Å². The Morgan fingerprint density at radius 1 is 1.40 bits per heavy atom.